The summed E-state index contributed by atoms with van der Waals surface area (Å²) in [6.07, 6.45) is 0.405. The van der Waals surface area contributed by atoms with Crippen LogP contribution in [0.15, 0.2) is 72.8 Å². The molecule has 0 unspecified atom stereocenters. The van der Waals surface area contributed by atoms with Crippen LogP contribution < -0.4 is 24.8 Å². The molecule has 0 bridgehead atoms. The van der Waals surface area contributed by atoms with Gasteiger partial charge in [0.25, 0.3) is 5.91 Å². The zero-order valence-electron chi connectivity index (χ0n) is 20.8. The summed E-state index contributed by atoms with van der Waals surface area (Å²) in [5, 5.41) is 15.7. The van der Waals surface area contributed by atoms with Crippen LogP contribution in [-0.4, -0.2) is 48.6 Å². The molecule has 2 amide bonds. The number of carbonyl (C=O) groups excluding carboxylic acids is 2. The van der Waals surface area contributed by atoms with Crippen LogP contribution >= 0.6 is 0 Å². The fourth-order valence-corrected chi connectivity index (χ4v) is 4.52. The standard InChI is InChI=1S/C29H30N2O7/c32-17-27-24(31-29(34)20-8-13-25-26(14-20)36-18-35-25)12-11-23(38-27)15-28(33)30-16-19-6-9-22(10-7-19)37-21-4-2-1-3-5-21/h1-10,13-14,23-24,27,32H,11-12,15-18H2,(H,30,33)(H,31,34)/t23-,24-,27-/m0/s1. The lowest BCUT2D eigenvalue weighted by molar-refractivity contribution is -0.131. The van der Waals surface area contributed by atoms with Crippen LogP contribution in [0.25, 0.3) is 0 Å². The molecule has 0 aliphatic carbocycles. The quantitative estimate of drug-likeness (QED) is 0.397. The third-order valence-corrected chi connectivity index (χ3v) is 6.55. The lowest BCUT2D eigenvalue weighted by Crippen LogP contribution is -2.51. The van der Waals surface area contributed by atoms with Crippen molar-refractivity contribution < 1.29 is 33.6 Å². The van der Waals surface area contributed by atoms with Crippen molar-refractivity contribution >= 4 is 11.8 Å². The van der Waals surface area contributed by atoms with Gasteiger partial charge in [0.2, 0.25) is 12.7 Å². The van der Waals surface area contributed by atoms with E-state index in [4.69, 9.17) is 18.9 Å². The van der Waals surface area contributed by atoms with Crippen LogP contribution in [0.1, 0.15) is 35.2 Å². The number of amides is 2. The second-order valence-corrected chi connectivity index (χ2v) is 9.24. The van der Waals surface area contributed by atoms with Gasteiger partial charge in [0.1, 0.15) is 17.6 Å². The van der Waals surface area contributed by atoms with Crippen molar-refractivity contribution in [3.05, 3.63) is 83.9 Å². The van der Waals surface area contributed by atoms with Crippen molar-refractivity contribution in [1.29, 1.82) is 0 Å². The van der Waals surface area contributed by atoms with Gasteiger partial charge in [-0.05, 0) is 60.9 Å². The van der Waals surface area contributed by atoms with E-state index in [1.54, 1.807) is 18.2 Å². The zero-order valence-corrected chi connectivity index (χ0v) is 20.8. The third-order valence-electron chi connectivity index (χ3n) is 6.55. The molecule has 38 heavy (non-hydrogen) atoms. The molecule has 9 nitrogen and oxygen atoms in total. The van der Waals surface area contributed by atoms with Crippen molar-refractivity contribution in [1.82, 2.24) is 10.6 Å². The summed E-state index contributed by atoms with van der Waals surface area (Å²) in [5.74, 6) is 2.18. The first-order valence-electron chi connectivity index (χ1n) is 12.6. The highest BCUT2D eigenvalue weighted by Crippen LogP contribution is 2.32. The molecule has 0 radical (unpaired) electrons. The fraction of sp³-hybridized carbons (Fsp3) is 0.310. The predicted molar refractivity (Wildman–Crippen MR) is 138 cm³/mol. The van der Waals surface area contributed by atoms with E-state index in [0.717, 1.165) is 17.1 Å². The van der Waals surface area contributed by atoms with Gasteiger partial charge in [0, 0.05) is 12.1 Å². The average molecular weight is 519 g/mol. The Bertz CT molecular complexity index is 1250. The molecule has 198 valence electrons. The van der Waals surface area contributed by atoms with Gasteiger partial charge in [-0.1, -0.05) is 30.3 Å². The predicted octanol–water partition coefficient (Wildman–Crippen LogP) is 3.55. The molecule has 3 aromatic rings. The maximum atomic E-state index is 12.7. The molecule has 1 saturated heterocycles. The highest BCUT2D eigenvalue weighted by molar-refractivity contribution is 5.95. The monoisotopic (exact) mass is 518 g/mol. The Morgan fingerprint density at radius 3 is 2.47 bits per heavy atom. The fourth-order valence-electron chi connectivity index (χ4n) is 4.52. The number of para-hydroxylation sites is 1. The number of aliphatic hydroxyl groups is 1. The van der Waals surface area contributed by atoms with Crippen LogP contribution in [0.2, 0.25) is 0 Å². The molecule has 5 rings (SSSR count). The highest BCUT2D eigenvalue weighted by Gasteiger charge is 2.33. The summed E-state index contributed by atoms with van der Waals surface area (Å²) in [6, 6.07) is 21.7. The molecular formula is C29H30N2O7. The average Bonchev–Trinajstić information content (AvgIpc) is 3.42. The molecule has 2 aliphatic rings. The van der Waals surface area contributed by atoms with E-state index in [0.29, 0.717) is 36.4 Å². The molecule has 3 aromatic carbocycles. The molecule has 2 aliphatic heterocycles. The number of aliphatic hydroxyl groups excluding tert-OH is 1. The number of fused-ring (bicyclic) bond motifs is 1. The number of nitrogens with one attached hydrogen (secondary N) is 2. The number of hydrogen-bond acceptors (Lipinski definition) is 7. The highest BCUT2D eigenvalue weighted by atomic mass is 16.7. The van der Waals surface area contributed by atoms with Gasteiger partial charge in [-0.15, -0.1) is 0 Å². The molecule has 2 heterocycles. The zero-order chi connectivity index (χ0) is 26.3. The van der Waals surface area contributed by atoms with Crippen molar-refractivity contribution in [3.8, 4) is 23.0 Å². The summed E-state index contributed by atoms with van der Waals surface area (Å²) in [4.78, 5) is 25.3. The molecule has 9 heteroatoms. The number of carbonyl (C=O) groups is 2. The summed E-state index contributed by atoms with van der Waals surface area (Å²) >= 11 is 0. The number of hydrogen-bond donors (Lipinski definition) is 3. The lowest BCUT2D eigenvalue weighted by atomic mass is 9.96. The van der Waals surface area contributed by atoms with Crippen LogP contribution in [0.4, 0.5) is 0 Å². The van der Waals surface area contributed by atoms with E-state index in [2.05, 4.69) is 10.6 Å². The van der Waals surface area contributed by atoms with E-state index >= 15 is 0 Å². The van der Waals surface area contributed by atoms with Crippen molar-refractivity contribution in [2.75, 3.05) is 13.4 Å². The van der Waals surface area contributed by atoms with Crippen LogP contribution in [0.3, 0.4) is 0 Å². The van der Waals surface area contributed by atoms with Gasteiger partial charge in [-0.2, -0.15) is 0 Å². The number of benzene rings is 3. The van der Waals surface area contributed by atoms with Gasteiger partial charge in [0.05, 0.1) is 25.2 Å². The second kappa shape index (κ2) is 12.0. The molecule has 1 fully saturated rings. The van der Waals surface area contributed by atoms with Crippen molar-refractivity contribution in [2.24, 2.45) is 0 Å². The largest absolute Gasteiger partial charge is 0.457 e. The summed E-state index contributed by atoms with van der Waals surface area (Å²) in [5.41, 5.74) is 1.38. The van der Waals surface area contributed by atoms with Gasteiger partial charge in [0.15, 0.2) is 11.5 Å². The van der Waals surface area contributed by atoms with E-state index in [1.807, 2.05) is 54.6 Å². The van der Waals surface area contributed by atoms with Gasteiger partial charge in [-0.25, -0.2) is 0 Å². The molecule has 0 spiro atoms. The Balaban J connectivity index is 1.07. The lowest BCUT2D eigenvalue weighted by Gasteiger charge is -2.36. The molecule has 3 atom stereocenters. The maximum absolute atomic E-state index is 12.7. The third kappa shape index (κ3) is 6.42. The summed E-state index contributed by atoms with van der Waals surface area (Å²) in [6.45, 7) is 0.255. The van der Waals surface area contributed by atoms with E-state index in [1.165, 1.54) is 0 Å². The first-order valence-corrected chi connectivity index (χ1v) is 12.6. The Hall–Kier alpha value is -4.08. The van der Waals surface area contributed by atoms with Crippen LogP contribution in [0, 0.1) is 0 Å². The molecule has 0 saturated carbocycles. The SMILES string of the molecule is O=C(C[C@@H]1CC[C@H](NC(=O)c2ccc3c(c2)OCO3)[C@H](CO)O1)NCc1ccc(Oc2ccccc2)cc1. The minimum absolute atomic E-state index is 0.133. The molecule has 3 N–H and O–H groups in total. The Morgan fingerprint density at radius 1 is 0.921 bits per heavy atom. The van der Waals surface area contributed by atoms with E-state index in [9.17, 15) is 14.7 Å². The number of rotatable bonds is 9. The Morgan fingerprint density at radius 2 is 1.68 bits per heavy atom. The second-order valence-electron chi connectivity index (χ2n) is 9.24. The topological polar surface area (TPSA) is 115 Å². The summed E-state index contributed by atoms with van der Waals surface area (Å²) < 4.78 is 22.4. The van der Waals surface area contributed by atoms with Crippen molar-refractivity contribution in [3.63, 3.8) is 0 Å². The molecule has 0 aromatic heterocycles. The number of ether oxygens (including phenoxy) is 4. The van der Waals surface area contributed by atoms with Gasteiger partial charge in [-0.3, -0.25) is 9.59 Å². The van der Waals surface area contributed by atoms with Gasteiger partial charge < -0.3 is 34.7 Å². The maximum Gasteiger partial charge on any atom is 0.251 e. The first kappa shape index (κ1) is 25.6. The molecular weight excluding hydrogens is 488 g/mol. The normalized spacial score (nSPS) is 20.0. The minimum atomic E-state index is -0.600. The van der Waals surface area contributed by atoms with E-state index in [-0.39, 0.29) is 43.8 Å². The smallest absolute Gasteiger partial charge is 0.251 e. The van der Waals surface area contributed by atoms with Gasteiger partial charge >= 0.3 is 0 Å². The van der Waals surface area contributed by atoms with Crippen LogP contribution in [-0.2, 0) is 16.1 Å². The Kier molecular flexibility index (Phi) is 8.06. The van der Waals surface area contributed by atoms with Crippen molar-refractivity contribution in [2.45, 2.75) is 44.1 Å². The first-order chi connectivity index (χ1) is 18.6. The Labute approximate surface area is 220 Å². The minimum Gasteiger partial charge on any atom is -0.457 e. The van der Waals surface area contributed by atoms with Crippen LogP contribution in [0.5, 0.6) is 23.0 Å². The van der Waals surface area contributed by atoms with E-state index < -0.39 is 6.10 Å². The summed E-state index contributed by atoms with van der Waals surface area (Å²) in [7, 11) is 0.